The van der Waals surface area contributed by atoms with Gasteiger partial charge in [-0.25, -0.2) is 0 Å². The Bertz CT molecular complexity index is 911. The second-order valence-corrected chi connectivity index (χ2v) is 7.42. The molecule has 1 aliphatic heterocycles. The Morgan fingerprint density at radius 2 is 1.76 bits per heavy atom. The molecule has 0 aliphatic carbocycles. The van der Waals surface area contributed by atoms with Crippen molar-refractivity contribution in [3.63, 3.8) is 0 Å². The predicted octanol–water partition coefficient (Wildman–Crippen LogP) is 5.21. The normalized spacial score (nSPS) is 14.6. The molecule has 0 spiro atoms. The lowest BCUT2D eigenvalue weighted by Crippen LogP contribution is -2.33. The highest BCUT2D eigenvalue weighted by molar-refractivity contribution is 7.98. The summed E-state index contributed by atoms with van der Waals surface area (Å²) in [6.07, 6.45) is 1.14. The van der Waals surface area contributed by atoms with Gasteiger partial charge in [-0.05, 0) is 28.8 Å². The number of fused-ring (bicyclic) bond motifs is 1. The minimum Gasteiger partial charge on any atom is -0.359 e. The van der Waals surface area contributed by atoms with Crippen LogP contribution in [0.3, 0.4) is 0 Å². The molecule has 1 heterocycles. The molecule has 3 aromatic rings. The first kappa shape index (κ1) is 16.2. The lowest BCUT2D eigenvalue weighted by molar-refractivity contribution is 0.467. The zero-order valence-corrected chi connectivity index (χ0v) is 15.3. The van der Waals surface area contributed by atoms with E-state index >= 15 is 0 Å². The average Bonchev–Trinajstić information content (AvgIpc) is 2.67. The van der Waals surface area contributed by atoms with Gasteiger partial charge in [0.2, 0.25) is 0 Å². The molecule has 0 aromatic heterocycles. The number of nitrogens with zero attached hydrogens (tertiary/aromatic N) is 2. The van der Waals surface area contributed by atoms with Gasteiger partial charge in [-0.3, -0.25) is 4.99 Å². The van der Waals surface area contributed by atoms with E-state index in [0.29, 0.717) is 0 Å². The highest BCUT2D eigenvalue weighted by Crippen LogP contribution is 2.30. The van der Waals surface area contributed by atoms with Crippen molar-refractivity contribution >= 4 is 28.4 Å². The van der Waals surface area contributed by atoms with Gasteiger partial charge in [0.15, 0.2) is 0 Å². The van der Waals surface area contributed by atoms with Crippen LogP contribution < -0.4 is 0 Å². The highest BCUT2D eigenvalue weighted by atomic mass is 32.2. The quantitative estimate of drug-likeness (QED) is 0.602. The van der Waals surface area contributed by atoms with Crippen LogP contribution in [0, 0.1) is 0 Å². The molecule has 0 bridgehead atoms. The molecule has 4 rings (SSSR count). The fourth-order valence-electron chi connectivity index (χ4n) is 3.36. The molecule has 0 atom stereocenters. The molecule has 0 amide bonds. The summed E-state index contributed by atoms with van der Waals surface area (Å²) in [6.45, 7) is 2.02. The van der Waals surface area contributed by atoms with Gasteiger partial charge < -0.3 is 4.90 Å². The van der Waals surface area contributed by atoms with Crippen molar-refractivity contribution in [3.8, 4) is 0 Å². The molecule has 0 saturated heterocycles. The van der Waals surface area contributed by atoms with Crippen LogP contribution >= 0.6 is 11.8 Å². The van der Waals surface area contributed by atoms with E-state index in [0.717, 1.165) is 31.1 Å². The minimum atomic E-state index is 0.933. The predicted molar refractivity (Wildman–Crippen MR) is 109 cm³/mol. The summed E-state index contributed by atoms with van der Waals surface area (Å²) in [5.74, 6) is 2.10. The van der Waals surface area contributed by atoms with Gasteiger partial charge in [-0.1, -0.05) is 60.7 Å². The van der Waals surface area contributed by atoms with Crippen LogP contribution in [0.1, 0.15) is 17.5 Å². The molecule has 3 aromatic carbocycles. The third kappa shape index (κ3) is 3.42. The Labute approximate surface area is 153 Å². The molecular formula is C22H22N2S. The molecule has 0 radical (unpaired) electrons. The standard InChI is InChI=1S/C22H22N2S/c1-24-15-7-14-23-22(24)20-12-4-5-13-21(20)25-16-18-10-6-9-17-8-2-3-11-19(17)18/h2-6,8-13H,7,14-16H2,1H3. The average molecular weight is 346 g/mol. The van der Waals surface area contributed by atoms with E-state index in [1.165, 1.54) is 26.8 Å². The van der Waals surface area contributed by atoms with E-state index in [-0.39, 0.29) is 0 Å². The maximum Gasteiger partial charge on any atom is 0.131 e. The van der Waals surface area contributed by atoms with Gasteiger partial charge in [0.1, 0.15) is 5.84 Å². The van der Waals surface area contributed by atoms with E-state index < -0.39 is 0 Å². The molecule has 1 aliphatic rings. The molecule has 0 fully saturated rings. The van der Waals surface area contributed by atoms with Gasteiger partial charge in [-0.2, -0.15) is 0 Å². The number of hydrogen-bond donors (Lipinski definition) is 0. The lowest BCUT2D eigenvalue weighted by atomic mass is 10.1. The number of rotatable bonds is 4. The van der Waals surface area contributed by atoms with E-state index in [1.807, 2.05) is 11.8 Å². The molecule has 3 heteroatoms. The first-order valence-corrected chi connectivity index (χ1v) is 9.76. The number of benzene rings is 3. The zero-order chi connectivity index (χ0) is 17.1. The summed E-state index contributed by atoms with van der Waals surface area (Å²) in [6, 6.07) is 23.9. The van der Waals surface area contributed by atoms with Gasteiger partial charge >= 0.3 is 0 Å². The van der Waals surface area contributed by atoms with E-state index in [2.05, 4.69) is 78.7 Å². The first-order valence-electron chi connectivity index (χ1n) is 8.77. The summed E-state index contributed by atoms with van der Waals surface area (Å²) in [4.78, 5) is 8.36. The Kier molecular flexibility index (Phi) is 4.75. The Balaban J connectivity index is 1.62. The Morgan fingerprint density at radius 3 is 2.68 bits per heavy atom. The number of hydrogen-bond acceptors (Lipinski definition) is 3. The van der Waals surface area contributed by atoms with Gasteiger partial charge in [0.05, 0.1) is 0 Å². The fourth-order valence-corrected chi connectivity index (χ4v) is 4.41. The van der Waals surface area contributed by atoms with Crippen LogP contribution in [-0.2, 0) is 5.75 Å². The van der Waals surface area contributed by atoms with Crippen LogP contribution in [0.25, 0.3) is 10.8 Å². The third-order valence-corrected chi connectivity index (χ3v) is 5.79. The van der Waals surface area contributed by atoms with Gasteiger partial charge in [0.25, 0.3) is 0 Å². The van der Waals surface area contributed by atoms with Crippen molar-refractivity contribution in [2.45, 2.75) is 17.1 Å². The van der Waals surface area contributed by atoms with Gasteiger partial charge in [0, 0.05) is 36.3 Å². The maximum absolute atomic E-state index is 4.78. The Morgan fingerprint density at radius 1 is 0.960 bits per heavy atom. The molecule has 126 valence electrons. The summed E-state index contributed by atoms with van der Waals surface area (Å²) in [7, 11) is 2.14. The van der Waals surface area contributed by atoms with Crippen LogP contribution in [0.5, 0.6) is 0 Å². The van der Waals surface area contributed by atoms with Crippen molar-refractivity contribution in [2.24, 2.45) is 4.99 Å². The summed E-state index contributed by atoms with van der Waals surface area (Å²) in [5, 5.41) is 2.66. The van der Waals surface area contributed by atoms with Crippen LogP contribution in [0.15, 0.2) is 76.6 Å². The maximum atomic E-state index is 4.78. The second kappa shape index (κ2) is 7.32. The number of aliphatic imine (C=N–C) groups is 1. The summed E-state index contributed by atoms with van der Waals surface area (Å²) < 4.78 is 0. The van der Waals surface area contributed by atoms with E-state index in [9.17, 15) is 0 Å². The van der Waals surface area contributed by atoms with Crippen LogP contribution in [-0.4, -0.2) is 30.9 Å². The summed E-state index contributed by atoms with van der Waals surface area (Å²) >= 11 is 1.90. The molecular weight excluding hydrogens is 324 g/mol. The zero-order valence-electron chi connectivity index (χ0n) is 14.5. The van der Waals surface area contributed by atoms with E-state index in [4.69, 9.17) is 4.99 Å². The Hall–Kier alpha value is -2.26. The van der Waals surface area contributed by atoms with Crippen molar-refractivity contribution in [1.82, 2.24) is 4.90 Å². The first-order chi connectivity index (χ1) is 12.3. The van der Waals surface area contributed by atoms with Crippen LogP contribution in [0.2, 0.25) is 0 Å². The molecule has 0 saturated carbocycles. The summed E-state index contributed by atoms with van der Waals surface area (Å²) in [5.41, 5.74) is 2.65. The van der Waals surface area contributed by atoms with Crippen molar-refractivity contribution in [3.05, 3.63) is 77.9 Å². The molecule has 0 unspecified atom stereocenters. The van der Waals surface area contributed by atoms with Crippen molar-refractivity contribution in [1.29, 1.82) is 0 Å². The lowest BCUT2D eigenvalue weighted by Gasteiger charge is -2.26. The molecule has 25 heavy (non-hydrogen) atoms. The molecule has 0 N–H and O–H groups in total. The topological polar surface area (TPSA) is 15.6 Å². The van der Waals surface area contributed by atoms with Crippen LogP contribution in [0.4, 0.5) is 0 Å². The highest BCUT2D eigenvalue weighted by Gasteiger charge is 2.16. The minimum absolute atomic E-state index is 0.933. The largest absolute Gasteiger partial charge is 0.359 e. The third-order valence-electron chi connectivity index (χ3n) is 4.67. The van der Waals surface area contributed by atoms with Crippen molar-refractivity contribution in [2.75, 3.05) is 20.1 Å². The smallest absolute Gasteiger partial charge is 0.131 e. The SMILES string of the molecule is CN1CCCN=C1c1ccccc1SCc1cccc2ccccc12. The fraction of sp³-hybridized carbons (Fsp3) is 0.227. The number of thioether (sulfide) groups is 1. The molecule has 2 nitrogen and oxygen atoms in total. The monoisotopic (exact) mass is 346 g/mol. The van der Waals surface area contributed by atoms with Gasteiger partial charge in [-0.15, -0.1) is 11.8 Å². The van der Waals surface area contributed by atoms with E-state index in [1.54, 1.807) is 0 Å². The van der Waals surface area contributed by atoms with Crippen molar-refractivity contribution < 1.29 is 0 Å². The second-order valence-electron chi connectivity index (χ2n) is 6.40. The number of amidine groups is 1.